The van der Waals surface area contributed by atoms with Crippen LogP contribution in [0.2, 0.25) is 0 Å². The molecular formula is C18H21F4N3O. The molecular weight excluding hydrogens is 350 g/mol. The number of hydrogen-bond donors (Lipinski definition) is 0. The zero-order chi connectivity index (χ0) is 19.2. The average Bonchev–Trinajstić information content (AvgIpc) is 3.05. The molecule has 8 heteroatoms. The van der Waals surface area contributed by atoms with E-state index in [1.165, 1.54) is 12.1 Å². The number of halogens is 4. The van der Waals surface area contributed by atoms with Crippen molar-refractivity contribution in [3.8, 4) is 0 Å². The molecule has 0 spiro atoms. The number of benzene rings is 1. The lowest BCUT2D eigenvalue weighted by Crippen LogP contribution is -2.34. The first-order valence-corrected chi connectivity index (χ1v) is 8.42. The van der Waals surface area contributed by atoms with Crippen molar-refractivity contribution < 1.29 is 22.4 Å². The second-order valence-corrected chi connectivity index (χ2v) is 6.05. The van der Waals surface area contributed by atoms with Gasteiger partial charge in [-0.3, -0.25) is 9.48 Å². The Morgan fingerprint density at radius 3 is 2.42 bits per heavy atom. The van der Waals surface area contributed by atoms with Crippen LogP contribution in [0.4, 0.5) is 17.6 Å². The third kappa shape index (κ3) is 5.86. The van der Waals surface area contributed by atoms with Crippen molar-refractivity contribution in [1.29, 1.82) is 0 Å². The van der Waals surface area contributed by atoms with Crippen LogP contribution < -0.4 is 0 Å². The van der Waals surface area contributed by atoms with Crippen LogP contribution in [0.15, 0.2) is 36.5 Å². The van der Waals surface area contributed by atoms with Gasteiger partial charge in [0.05, 0.1) is 0 Å². The molecule has 0 unspecified atom stereocenters. The topological polar surface area (TPSA) is 38.1 Å². The summed E-state index contributed by atoms with van der Waals surface area (Å²) in [6.07, 6.45) is -0.692. The van der Waals surface area contributed by atoms with E-state index >= 15 is 0 Å². The van der Waals surface area contributed by atoms with E-state index in [9.17, 15) is 22.4 Å². The lowest BCUT2D eigenvalue weighted by molar-refractivity contribution is -0.142. The maximum absolute atomic E-state index is 13.0. The van der Waals surface area contributed by atoms with Gasteiger partial charge in [0, 0.05) is 19.3 Å². The predicted molar refractivity (Wildman–Crippen MR) is 88.6 cm³/mol. The van der Waals surface area contributed by atoms with Crippen LogP contribution in [0.25, 0.3) is 0 Å². The Labute approximate surface area is 149 Å². The van der Waals surface area contributed by atoms with Crippen LogP contribution >= 0.6 is 0 Å². The van der Waals surface area contributed by atoms with Gasteiger partial charge in [0.25, 0.3) is 0 Å². The molecule has 1 heterocycles. The van der Waals surface area contributed by atoms with Gasteiger partial charge < -0.3 is 4.90 Å². The maximum Gasteiger partial charge on any atom is 0.435 e. The van der Waals surface area contributed by atoms with Crippen molar-refractivity contribution in [3.63, 3.8) is 0 Å². The minimum Gasteiger partial charge on any atom is -0.337 e. The molecule has 0 bridgehead atoms. The number of carbonyl (C=O) groups is 1. The fourth-order valence-electron chi connectivity index (χ4n) is 2.49. The van der Waals surface area contributed by atoms with Crippen molar-refractivity contribution in [2.75, 3.05) is 6.54 Å². The monoisotopic (exact) mass is 371 g/mol. The average molecular weight is 371 g/mol. The van der Waals surface area contributed by atoms with Crippen LogP contribution in [0, 0.1) is 5.82 Å². The van der Waals surface area contributed by atoms with E-state index in [2.05, 4.69) is 5.10 Å². The van der Waals surface area contributed by atoms with Gasteiger partial charge in [0.2, 0.25) is 5.91 Å². The smallest absolute Gasteiger partial charge is 0.337 e. The molecule has 1 aromatic carbocycles. The molecule has 0 saturated heterocycles. The number of aromatic nitrogens is 2. The Balaban J connectivity index is 2.06. The molecule has 0 fully saturated rings. The highest BCUT2D eigenvalue weighted by atomic mass is 19.4. The molecule has 142 valence electrons. The van der Waals surface area contributed by atoms with Crippen molar-refractivity contribution in [1.82, 2.24) is 14.7 Å². The number of amides is 1. The molecule has 2 aromatic rings. The number of rotatable bonds is 8. The Kier molecular flexibility index (Phi) is 6.76. The van der Waals surface area contributed by atoms with E-state index in [4.69, 9.17) is 0 Å². The zero-order valence-corrected chi connectivity index (χ0v) is 14.5. The predicted octanol–water partition coefficient (Wildman–Crippen LogP) is 4.26. The lowest BCUT2D eigenvalue weighted by Gasteiger charge is -2.23. The highest BCUT2D eigenvalue weighted by Crippen LogP contribution is 2.27. The van der Waals surface area contributed by atoms with Gasteiger partial charge >= 0.3 is 6.18 Å². The summed E-state index contributed by atoms with van der Waals surface area (Å²) in [4.78, 5) is 14.1. The number of carbonyl (C=O) groups excluding carboxylic acids is 1. The fraction of sp³-hybridized carbons (Fsp3) is 0.444. The van der Waals surface area contributed by atoms with Crippen molar-refractivity contribution >= 4 is 5.91 Å². The quantitative estimate of drug-likeness (QED) is 0.514. The van der Waals surface area contributed by atoms with Crippen LogP contribution in [0.3, 0.4) is 0 Å². The minimum atomic E-state index is -4.54. The largest absolute Gasteiger partial charge is 0.435 e. The molecule has 1 aromatic heterocycles. The van der Waals surface area contributed by atoms with Crippen LogP contribution in [-0.4, -0.2) is 27.1 Å². The van der Waals surface area contributed by atoms with Crippen molar-refractivity contribution in [2.45, 2.75) is 45.5 Å². The summed E-state index contributed by atoms with van der Waals surface area (Å²) >= 11 is 0. The Morgan fingerprint density at radius 1 is 1.15 bits per heavy atom. The second kappa shape index (κ2) is 8.82. The van der Waals surface area contributed by atoms with Gasteiger partial charge in [-0.1, -0.05) is 31.9 Å². The van der Waals surface area contributed by atoms with Gasteiger partial charge in [-0.15, -0.1) is 0 Å². The van der Waals surface area contributed by atoms with Gasteiger partial charge in [-0.2, -0.15) is 18.3 Å². The first-order chi connectivity index (χ1) is 12.3. The summed E-state index contributed by atoms with van der Waals surface area (Å²) in [5.41, 5.74) is -0.269. The van der Waals surface area contributed by atoms with Gasteiger partial charge in [-0.05, 0) is 30.2 Å². The Bertz CT molecular complexity index is 710. The molecule has 2 rings (SSSR count). The SMILES string of the molecule is CCCCCN(Cc1ccc(F)cc1)C(=O)Cn1ccc(C(F)(F)F)n1. The van der Waals surface area contributed by atoms with Gasteiger partial charge in [0.15, 0.2) is 5.69 Å². The summed E-state index contributed by atoms with van der Waals surface area (Å²) in [6.45, 7) is 2.52. The molecule has 0 aliphatic rings. The van der Waals surface area contributed by atoms with Crippen molar-refractivity contribution in [2.24, 2.45) is 0 Å². The molecule has 0 N–H and O–H groups in total. The number of alkyl halides is 3. The van der Waals surface area contributed by atoms with Crippen LogP contribution in [0.1, 0.15) is 37.4 Å². The fourth-order valence-corrected chi connectivity index (χ4v) is 2.49. The molecule has 0 aliphatic heterocycles. The first kappa shape index (κ1) is 19.9. The summed E-state index contributed by atoms with van der Waals surface area (Å²) in [5.74, 6) is -0.698. The number of nitrogens with zero attached hydrogens (tertiary/aromatic N) is 3. The number of hydrogen-bond acceptors (Lipinski definition) is 2. The molecule has 4 nitrogen and oxygen atoms in total. The van der Waals surface area contributed by atoms with Crippen molar-refractivity contribution in [3.05, 3.63) is 53.6 Å². The minimum absolute atomic E-state index is 0.274. The highest BCUT2D eigenvalue weighted by molar-refractivity contribution is 5.75. The van der Waals surface area contributed by atoms with Gasteiger partial charge in [-0.25, -0.2) is 4.39 Å². The van der Waals surface area contributed by atoms with E-state index in [-0.39, 0.29) is 24.8 Å². The summed E-state index contributed by atoms with van der Waals surface area (Å²) in [7, 11) is 0. The second-order valence-electron chi connectivity index (χ2n) is 6.05. The van der Waals surface area contributed by atoms with E-state index in [1.807, 2.05) is 6.92 Å². The van der Waals surface area contributed by atoms with E-state index in [0.29, 0.717) is 6.54 Å². The lowest BCUT2D eigenvalue weighted by atomic mass is 10.2. The van der Waals surface area contributed by atoms with E-state index < -0.39 is 11.9 Å². The van der Waals surface area contributed by atoms with E-state index in [1.54, 1.807) is 17.0 Å². The molecule has 26 heavy (non-hydrogen) atoms. The molecule has 0 aliphatic carbocycles. The maximum atomic E-state index is 13.0. The summed E-state index contributed by atoms with van der Waals surface area (Å²) in [6, 6.07) is 6.64. The molecule has 0 atom stereocenters. The molecule has 1 amide bonds. The summed E-state index contributed by atoms with van der Waals surface area (Å²) in [5, 5.41) is 3.41. The Morgan fingerprint density at radius 2 is 1.85 bits per heavy atom. The third-order valence-corrected chi connectivity index (χ3v) is 3.90. The van der Waals surface area contributed by atoms with E-state index in [0.717, 1.165) is 41.8 Å². The first-order valence-electron chi connectivity index (χ1n) is 8.42. The van der Waals surface area contributed by atoms with Crippen LogP contribution in [-0.2, 0) is 24.1 Å². The van der Waals surface area contributed by atoms with Crippen LogP contribution in [0.5, 0.6) is 0 Å². The third-order valence-electron chi connectivity index (χ3n) is 3.90. The Hall–Kier alpha value is -2.38. The standard InChI is InChI=1S/C18H21F4N3O/c1-2-3-4-10-24(12-14-5-7-15(19)8-6-14)17(26)13-25-11-9-16(23-25)18(20,21)22/h5-9,11H,2-4,10,12-13H2,1H3. The normalized spacial score (nSPS) is 11.6. The van der Waals surface area contributed by atoms with Gasteiger partial charge in [0.1, 0.15) is 12.4 Å². The highest BCUT2D eigenvalue weighted by Gasteiger charge is 2.33. The number of unbranched alkanes of at least 4 members (excludes halogenated alkanes) is 2. The zero-order valence-electron chi connectivity index (χ0n) is 14.5. The summed E-state index contributed by atoms with van der Waals surface area (Å²) < 4.78 is 51.9. The molecule has 0 saturated carbocycles. The molecule has 0 radical (unpaired) electrons.